The summed E-state index contributed by atoms with van der Waals surface area (Å²) >= 11 is 0. The third kappa shape index (κ3) is 5.38. The van der Waals surface area contributed by atoms with E-state index in [2.05, 4.69) is 0 Å². The van der Waals surface area contributed by atoms with Crippen LogP contribution in [0.2, 0.25) is 0 Å². The zero-order valence-corrected chi connectivity index (χ0v) is 10.2. The van der Waals surface area contributed by atoms with Gasteiger partial charge in [-0.3, -0.25) is 4.79 Å². The second kappa shape index (κ2) is 6.18. The SMILES string of the molecule is CCCC(=O)C(C)(C)CCOC(C)C. The molecule has 0 saturated heterocycles. The van der Waals surface area contributed by atoms with Crippen LogP contribution in [0.4, 0.5) is 0 Å². The molecule has 14 heavy (non-hydrogen) atoms. The van der Waals surface area contributed by atoms with E-state index in [-0.39, 0.29) is 11.5 Å². The zero-order chi connectivity index (χ0) is 11.2. The summed E-state index contributed by atoms with van der Waals surface area (Å²) < 4.78 is 5.45. The number of rotatable bonds is 7. The molecule has 0 aliphatic carbocycles. The Bertz CT molecular complexity index is 171. The molecule has 0 heterocycles. The maximum atomic E-state index is 11.7. The van der Waals surface area contributed by atoms with Crippen LogP contribution in [0.3, 0.4) is 0 Å². The lowest BCUT2D eigenvalue weighted by Gasteiger charge is -2.23. The lowest BCUT2D eigenvalue weighted by Crippen LogP contribution is -2.26. The maximum Gasteiger partial charge on any atom is 0.138 e. The smallest absolute Gasteiger partial charge is 0.138 e. The number of hydrogen-bond acceptors (Lipinski definition) is 2. The Morgan fingerprint density at radius 1 is 1.36 bits per heavy atom. The number of hydrogen-bond donors (Lipinski definition) is 0. The highest BCUT2D eigenvalue weighted by Crippen LogP contribution is 2.24. The van der Waals surface area contributed by atoms with E-state index in [9.17, 15) is 4.79 Å². The zero-order valence-electron chi connectivity index (χ0n) is 10.2. The van der Waals surface area contributed by atoms with Crippen LogP contribution in [0.15, 0.2) is 0 Å². The molecule has 0 rings (SSSR count). The van der Waals surface area contributed by atoms with Gasteiger partial charge in [-0.2, -0.15) is 0 Å². The van der Waals surface area contributed by atoms with Crippen molar-refractivity contribution in [3.8, 4) is 0 Å². The first kappa shape index (κ1) is 13.6. The summed E-state index contributed by atoms with van der Waals surface area (Å²) in [6, 6.07) is 0. The highest BCUT2D eigenvalue weighted by atomic mass is 16.5. The summed E-state index contributed by atoms with van der Waals surface area (Å²) in [5.41, 5.74) is -0.217. The van der Waals surface area contributed by atoms with Gasteiger partial charge in [-0.1, -0.05) is 20.8 Å². The summed E-state index contributed by atoms with van der Waals surface area (Å²) in [5, 5.41) is 0. The Hall–Kier alpha value is -0.370. The molecule has 0 aromatic rings. The monoisotopic (exact) mass is 200 g/mol. The Morgan fingerprint density at radius 3 is 2.36 bits per heavy atom. The molecule has 0 bridgehead atoms. The average Bonchev–Trinajstić information content (AvgIpc) is 2.03. The number of ether oxygens (including phenoxy) is 1. The molecule has 0 unspecified atom stereocenters. The van der Waals surface area contributed by atoms with Crippen molar-refractivity contribution in [2.24, 2.45) is 5.41 Å². The summed E-state index contributed by atoms with van der Waals surface area (Å²) in [6.07, 6.45) is 2.71. The van der Waals surface area contributed by atoms with Gasteiger partial charge < -0.3 is 4.74 Å². The maximum absolute atomic E-state index is 11.7. The molecule has 0 aliphatic heterocycles. The number of ketones is 1. The van der Waals surface area contributed by atoms with Gasteiger partial charge in [-0.15, -0.1) is 0 Å². The fourth-order valence-corrected chi connectivity index (χ4v) is 1.25. The molecular weight excluding hydrogens is 176 g/mol. The predicted octanol–water partition coefficient (Wildman–Crippen LogP) is 3.20. The van der Waals surface area contributed by atoms with Crippen LogP contribution in [0, 0.1) is 5.41 Å². The third-order valence-electron chi connectivity index (χ3n) is 2.41. The van der Waals surface area contributed by atoms with Gasteiger partial charge in [0.1, 0.15) is 5.78 Å². The first-order valence-corrected chi connectivity index (χ1v) is 5.55. The van der Waals surface area contributed by atoms with Crippen LogP contribution >= 0.6 is 0 Å². The second-order valence-corrected chi connectivity index (χ2v) is 4.73. The van der Waals surface area contributed by atoms with Gasteiger partial charge in [0.15, 0.2) is 0 Å². The summed E-state index contributed by atoms with van der Waals surface area (Å²) in [4.78, 5) is 11.7. The Kier molecular flexibility index (Phi) is 6.01. The van der Waals surface area contributed by atoms with Crippen molar-refractivity contribution < 1.29 is 9.53 Å². The van der Waals surface area contributed by atoms with Crippen molar-refractivity contribution in [2.75, 3.05) is 6.61 Å². The van der Waals surface area contributed by atoms with Crippen molar-refractivity contribution in [2.45, 2.75) is 60.0 Å². The molecule has 0 aromatic heterocycles. The van der Waals surface area contributed by atoms with Gasteiger partial charge in [0.25, 0.3) is 0 Å². The Labute approximate surface area is 88.0 Å². The largest absolute Gasteiger partial charge is 0.379 e. The minimum absolute atomic E-state index is 0.217. The van der Waals surface area contributed by atoms with E-state index >= 15 is 0 Å². The van der Waals surface area contributed by atoms with Crippen LogP contribution in [0.25, 0.3) is 0 Å². The van der Waals surface area contributed by atoms with Gasteiger partial charge in [0.2, 0.25) is 0 Å². The van der Waals surface area contributed by atoms with Crippen LogP contribution < -0.4 is 0 Å². The van der Waals surface area contributed by atoms with Gasteiger partial charge in [0, 0.05) is 18.4 Å². The minimum atomic E-state index is -0.217. The normalized spacial score (nSPS) is 12.1. The first-order chi connectivity index (χ1) is 6.40. The number of carbonyl (C=O) groups is 1. The predicted molar refractivity (Wildman–Crippen MR) is 59.4 cm³/mol. The highest BCUT2D eigenvalue weighted by Gasteiger charge is 2.25. The molecule has 2 nitrogen and oxygen atoms in total. The molecule has 0 atom stereocenters. The second-order valence-electron chi connectivity index (χ2n) is 4.73. The lowest BCUT2D eigenvalue weighted by atomic mass is 9.83. The molecule has 0 N–H and O–H groups in total. The Balaban J connectivity index is 3.87. The van der Waals surface area contributed by atoms with Gasteiger partial charge in [-0.05, 0) is 26.7 Å². The molecular formula is C12H24O2. The minimum Gasteiger partial charge on any atom is -0.379 e. The van der Waals surface area contributed by atoms with E-state index in [1.807, 2.05) is 34.6 Å². The van der Waals surface area contributed by atoms with Crippen LogP contribution in [0.5, 0.6) is 0 Å². The fourth-order valence-electron chi connectivity index (χ4n) is 1.25. The topological polar surface area (TPSA) is 26.3 Å². The Morgan fingerprint density at radius 2 is 1.93 bits per heavy atom. The van der Waals surface area contributed by atoms with Crippen LogP contribution in [-0.4, -0.2) is 18.5 Å². The molecule has 0 spiro atoms. The van der Waals surface area contributed by atoms with Crippen molar-refractivity contribution in [3.63, 3.8) is 0 Å². The van der Waals surface area contributed by atoms with Gasteiger partial charge in [-0.25, -0.2) is 0 Å². The summed E-state index contributed by atoms with van der Waals surface area (Å²) in [5.74, 6) is 0.354. The molecule has 0 aliphatic rings. The van der Waals surface area contributed by atoms with E-state index in [4.69, 9.17) is 4.74 Å². The number of Topliss-reactive ketones (excluding diaryl/α,β-unsaturated/α-hetero) is 1. The van der Waals surface area contributed by atoms with E-state index in [0.29, 0.717) is 18.8 Å². The molecule has 0 radical (unpaired) electrons. The van der Waals surface area contributed by atoms with Crippen molar-refractivity contribution >= 4 is 5.78 Å². The lowest BCUT2D eigenvalue weighted by molar-refractivity contribution is -0.128. The number of carbonyl (C=O) groups excluding carboxylic acids is 1. The first-order valence-electron chi connectivity index (χ1n) is 5.55. The molecule has 0 aromatic carbocycles. The molecule has 2 heteroatoms. The van der Waals surface area contributed by atoms with E-state index in [0.717, 1.165) is 12.8 Å². The van der Waals surface area contributed by atoms with Crippen molar-refractivity contribution in [1.29, 1.82) is 0 Å². The van der Waals surface area contributed by atoms with Crippen molar-refractivity contribution in [3.05, 3.63) is 0 Å². The summed E-state index contributed by atoms with van der Waals surface area (Å²) in [6.45, 7) is 10.8. The standard InChI is InChI=1S/C12H24O2/c1-6-7-11(13)12(4,5)8-9-14-10(2)3/h10H,6-9H2,1-5H3. The van der Waals surface area contributed by atoms with E-state index in [1.54, 1.807) is 0 Å². The molecule has 0 saturated carbocycles. The summed E-state index contributed by atoms with van der Waals surface area (Å²) in [7, 11) is 0. The van der Waals surface area contributed by atoms with Gasteiger partial charge in [0.05, 0.1) is 6.10 Å². The van der Waals surface area contributed by atoms with E-state index < -0.39 is 0 Å². The van der Waals surface area contributed by atoms with Crippen LogP contribution in [0.1, 0.15) is 53.9 Å². The third-order valence-corrected chi connectivity index (χ3v) is 2.41. The fraction of sp³-hybridized carbons (Fsp3) is 0.917. The quantitative estimate of drug-likeness (QED) is 0.631. The average molecular weight is 200 g/mol. The van der Waals surface area contributed by atoms with Crippen molar-refractivity contribution in [1.82, 2.24) is 0 Å². The van der Waals surface area contributed by atoms with Gasteiger partial charge >= 0.3 is 0 Å². The molecule has 84 valence electrons. The highest BCUT2D eigenvalue weighted by molar-refractivity contribution is 5.83. The van der Waals surface area contributed by atoms with Crippen LogP contribution in [-0.2, 0) is 9.53 Å². The van der Waals surface area contributed by atoms with E-state index in [1.165, 1.54) is 0 Å². The molecule has 0 amide bonds. The molecule has 0 fully saturated rings.